The van der Waals surface area contributed by atoms with Gasteiger partial charge in [0, 0.05) is 5.56 Å². The monoisotopic (exact) mass is 395 g/mol. The lowest BCUT2D eigenvalue weighted by Gasteiger charge is -2.13. The van der Waals surface area contributed by atoms with Gasteiger partial charge in [0.15, 0.2) is 5.17 Å². The van der Waals surface area contributed by atoms with E-state index in [1.807, 2.05) is 48.5 Å². The van der Waals surface area contributed by atoms with Crippen LogP contribution in [0.25, 0.3) is 0 Å². The van der Waals surface area contributed by atoms with Gasteiger partial charge in [0.2, 0.25) is 5.91 Å². The van der Waals surface area contributed by atoms with Crippen molar-refractivity contribution in [3.8, 4) is 11.5 Å². The lowest BCUT2D eigenvalue weighted by molar-refractivity contribution is -0.116. The Morgan fingerprint density at radius 1 is 1.21 bits per heavy atom. The first-order valence-electron chi connectivity index (χ1n) is 8.72. The third-order valence-electron chi connectivity index (χ3n) is 3.97. The van der Waals surface area contributed by atoms with Gasteiger partial charge in [0.05, 0.1) is 19.1 Å². The summed E-state index contributed by atoms with van der Waals surface area (Å²) in [7, 11) is 1.63. The first-order chi connectivity index (χ1) is 13.7. The quantitative estimate of drug-likeness (QED) is 0.421. The van der Waals surface area contributed by atoms with Crippen LogP contribution >= 0.6 is 11.8 Å². The SMILES string of the molecule is C=CCc1ccccc1OCc1cc(C=NN=C2NC(=O)CS2)ccc1OC. The number of hydrogen-bond donors (Lipinski definition) is 1. The number of hydrogen-bond acceptors (Lipinski definition) is 6. The maximum atomic E-state index is 11.2. The number of carbonyl (C=O) groups is 1. The highest BCUT2D eigenvalue weighted by Gasteiger charge is 2.16. The fourth-order valence-electron chi connectivity index (χ4n) is 2.64. The summed E-state index contributed by atoms with van der Waals surface area (Å²) in [6, 6.07) is 13.6. The van der Waals surface area contributed by atoms with Gasteiger partial charge in [0.25, 0.3) is 0 Å². The maximum absolute atomic E-state index is 11.2. The summed E-state index contributed by atoms with van der Waals surface area (Å²) in [6.45, 7) is 4.15. The summed E-state index contributed by atoms with van der Waals surface area (Å²) >= 11 is 1.33. The molecule has 0 bridgehead atoms. The van der Waals surface area contributed by atoms with Crippen LogP contribution in [0.5, 0.6) is 11.5 Å². The Bertz CT molecular complexity index is 925. The Hall–Kier alpha value is -3.06. The van der Waals surface area contributed by atoms with E-state index in [9.17, 15) is 4.79 Å². The molecule has 2 aromatic carbocycles. The molecule has 1 fully saturated rings. The Kier molecular flexibility index (Phi) is 6.86. The molecule has 144 valence electrons. The number of ether oxygens (including phenoxy) is 2. The van der Waals surface area contributed by atoms with Crippen molar-refractivity contribution in [3.63, 3.8) is 0 Å². The second-order valence-electron chi connectivity index (χ2n) is 5.95. The van der Waals surface area contributed by atoms with Crippen LogP contribution in [0.4, 0.5) is 0 Å². The summed E-state index contributed by atoms with van der Waals surface area (Å²) < 4.78 is 11.5. The molecule has 1 aliphatic heterocycles. The third-order valence-corrected chi connectivity index (χ3v) is 4.83. The summed E-state index contributed by atoms with van der Waals surface area (Å²) in [5.74, 6) is 1.89. The van der Waals surface area contributed by atoms with Crippen LogP contribution in [0, 0.1) is 0 Å². The average Bonchev–Trinajstić information content (AvgIpc) is 3.13. The van der Waals surface area contributed by atoms with Crippen molar-refractivity contribution in [1.82, 2.24) is 5.32 Å². The molecule has 6 nitrogen and oxygen atoms in total. The summed E-state index contributed by atoms with van der Waals surface area (Å²) in [4.78, 5) is 11.2. The van der Waals surface area contributed by atoms with Crippen molar-refractivity contribution in [2.45, 2.75) is 13.0 Å². The van der Waals surface area contributed by atoms with Gasteiger partial charge in [-0.05, 0) is 41.8 Å². The fourth-order valence-corrected chi connectivity index (χ4v) is 3.27. The number of para-hydroxylation sites is 1. The zero-order valence-electron chi connectivity index (χ0n) is 15.6. The van der Waals surface area contributed by atoms with E-state index >= 15 is 0 Å². The number of thioether (sulfide) groups is 1. The number of nitrogens with one attached hydrogen (secondary N) is 1. The van der Waals surface area contributed by atoms with Gasteiger partial charge in [-0.3, -0.25) is 4.79 Å². The van der Waals surface area contributed by atoms with Crippen molar-refractivity contribution >= 4 is 29.1 Å². The van der Waals surface area contributed by atoms with Gasteiger partial charge in [-0.15, -0.1) is 11.7 Å². The molecule has 0 aliphatic carbocycles. The van der Waals surface area contributed by atoms with E-state index in [1.165, 1.54) is 11.8 Å². The molecule has 1 saturated heterocycles. The Labute approximate surface area is 168 Å². The number of methoxy groups -OCH3 is 1. The second kappa shape index (κ2) is 9.75. The normalized spacial score (nSPS) is 15.0. The van der Waals surface area contributed by atoms with Crippen LogP contribution in [-0.4, -0.2) is 30.2 Å². The Morgan fingerprint density at radius 3 is 2.82 bits per heavy atom. The van der Waals surface area contributed by atoms with Crippen LogP contribution in [0.3, 0.4) is 0 Å². The molecule has 1 N–H and O–H groups in total. The molecule has 1 heterocycles. The smallest absolute Gasteiger partial charge is 0.236 e. The van der Waals surface area contributed by atoms with Crippen molar-refractivity contribution in [1.29, 1.82) is 0 Å². The second-order valence-corrected chi connectivity index (χ2v) is 6.91. The molecule has 3 rings (SSSR count). The third kappa shape index (κ3) is 5.23. The number of carbonyl (C=O) groups excluding carboxylic acids is 1. The topological polar surface area (TPSA) is 72.3 Å². The largest absolute Gasteiger partial charge is 0.496 e. The summed E-state index contributed by atoms with van der Waals surface area (Å²) in [5, 5.41) is 11.2. The molecule has 0 atom stereocenters. The van der Waals surface area contributed by atoms with Gasteiger partial charge < -0.3 is 14.8 Å². The lowest BCUT2D eigenvalue weighted by atomic mass is 10.1. The first-order valence-corrected chi connectivity index (χ1v) is 9.70. The predicted octanol–water partition coefficient (Wildman–Crippen LogP) is 3.56. The molecule has 0 spiro atoms. The van der Waals surface area contributed by atoms with E-state index in [-0.39, 0.29) is 5.91 Å². The van der Waals surface area contributed by atoms with Gasteiger partial charge in [-0.2, -0.15) is 5.10 Å². The molecular weight excluding hydrogens is 374 g/mol. The molecule has 28 heavy (non-hydrogen) atoms. The number of amides is 1. The van der Waals surface area contributed by atoms with Gasteiger partial charge in [0.1, 0.15) is 18.1 Å². The zero-order chi connectivity index (χ0) is 19.8. The molecule has 2 aromatic rings. The van der Waals surface area contributed by atoms with Gasteiger partial charge in [-0.1, -0.05) is 36.0 Å². The van der Waals surface area contributed by atoms with Crippen molar-refractivity contribution in [2.24, 2.45) is 10.2 Å². The minimum absolute atomic E-state index is 0.0560. The Morgan fingerprint density at radius 2 is 2.07 bits per heavy atom. The first kappa shape index (κ1) is 19.7. The zero-order valence-corrected chi connectivity index (χ0v) is 16.4. The van der Waals surface area contributed by atoms with Gasteiger partial charge in [-0.25, -0.2) is 0 Å². The van der Waals surface area contributed by atoms with E-state index in [1.54, 1.807) is 13.3 Å². The highest BCUT2D eigenvalue weighted by molar-refractivity contribution is 8.15. The standard InChI is InChI=1S/C21H21N3O3S/c1-3-6-16-7-4-5-8-19(16)27-13-17-11-15(9-10-18(17)26-2)12-22-24-21-23-20(25)14-28-21/h3-5,7-12H,1,6,13-14H2,2H3,(H,23,24,25). The van der Waals surface area contributed by atoms with Crippen LogP contribution in [0.2, 0.25) is 0 Å². The molecule has 1 amide bonds. The molecule has 1 aliphatic rings. The van der Waals surface area contributed by atoms with Crippen molar-refractivity contribution in [2.75, 3.05) is 12.9 Å². The summed E-state index contributed by atoms with van der Waals surface area (Å²) in [6.07, 6.45) is 4.23. The molecule has 0 unspecified atom stereocenters. The summed E-state index contributed by atoms with van der Waals surface area (Å²) in [5.41, 5.74) is 2.84. The molecule has 0 saturated carbocycles. The van der Waals surface area contributed by atoms with E-state index in [2.05, 4.69) is 22.1 Å². The van der Waals surface area contributed by atoms with E-state index in [0.717, 1.165) is 34.6 Å². The van der Waals surface area contributed by atoms with Crippen LogP contribution < -0.4 is 14.8 Å². The molecule has 0 radical (unpaired) electrons. The highest BCUT2D eigenvalue weighted by Crippen LogP contribution is 2.24. The number of benzene rings is 2. The van der Waals surface area contributed by atoms with E-state index in [0.29, 0.717) is 17.5 Å². The lowest BCUT2D eigenvalue weighted by Crippen LogP contribution is -2.19. The fraction of sp³-hybridized carbons (Fsp3) is 0.190. The molecular formula is C21H21N3O3S. The number of rotatable bonds is 8. The van der Waals surface area contributed by atoms with E-state index in [4.69, 9.17) is 9.47 Å². The molecule has 0 aromatic heterocycles. The van der Waals surface area contributed by atoms with Crippen LogP contribution in [0.15, 0.2) is 65.3 Å². The van der Waals surface area contributed by atoms with E-state index < -0.39 is 0 Å². The maximum Gasteiger partial charge on any atom is 0.236 e. The minimum Gasteiger partial charge on any atom is -0.496 e. The highest BCUT2D eigenvalue weighted by atomic mass is 32.2. The van der Waals surface area contributed by atoms with Gasteiger partial charge >= 0.3 is 0 Å². The predicted molar refractivity (Wildman–Crippen MR) is 113 cm³/mol. The van der Waals surface area contributed by atoms with Crippen molar-refractivity contribution in [3.05, 3.63) is 71.8 Å². The average molecular weight is 395 g/mol. The number of nitrogens with zero attached hydrogens (tertiary/aromatic N) is 2. The Balaban J connectivity index is 1.72. The molecule has 7 heteroatoms. The number of amidine groups is 1. The van der Waals surface area contributed by atoms with Crippen molar-refractivity contribution < 1.29 is 14.3 Å². The van der Waals surface area contributed by atoms with Crippen LogP contribution in [0.1, 0.15) is 16.7 Å². The van der Waals surface area contributed by atoms with Crippen LogP contribution in [-0.2, 0) is 17.8 Å². The minimum atomic E-state index is -0.0560. The number of allylic oxidation sites excluding steroid dienone is 1.